The number of carbonyl (C=O) groups excluding carboxylic acids is 4. The number of benzene rings is 1. The number of hydrogen-bond donors (Lipinski definition) is 1. The van der Waals surface area contributed by atoms with Gasteiger partial charge in [-0.15, -0.1) is 0 Å². The number of nitrogens with zero attached hydrogens (tertiary/aromatic N) is 1. The fourth-order valence-corrected chi connectivity index (χ4v) is 1.62. The molecule has 0 saturated carbocycles. The second-order valence-electron chi connectivity index (χ2n) is 4.71. The Morgan fingerprint density at radius 2 is 1.84 bits per heavy atom. The van der Waals surface area contributed by atoms with Crippen molar-refractivity contribution < 1.29 is 38.6 Å². The summed E-state index contributed by atoms with van der Waals surface area (Å²) in [6, 6.07) is 5.31. The number of esters is 2. The molecule has 0 amide bonds. The topological polar surface area (TPSA) is 148 Å². The molecular weight excluding hydrogens is 334 g/mol. The Bertz CT molecular complexity index is 762. The Hall–Kier alpha value is -3.54. The maximum atomic E-state index is 11.5. The summed E-state index contributed by atoms with van der Waals surface area (Å²) >= 11 is 0. The van der Waals surface area contributed by atoms with E-state index in [1.165, 1.54) is 19.1 Å². The van der Waals surface area contributed by atoms with E-state index in [-0.39, 0.29) is 36.2 Å². The van der Waals surface area contributed by atoms with Gasteiger partial charge in [-0.3, -0.25) is 9.59 Å². The number of aromatic carboxylic acids is 1. The average Bonchev–Trinajstić information content (AvgIpc) is 2.63. The van der Waals surface area contributed by atoms with Crippen LogP contribution in [-0.2, 0) is 19.1 Å². The molecule has 1 atom stereocenters. The molecule has 25 heavy (non-hydrogen) atoms. The number of hydrogen-bond acceptors (Lipinski definition) is 8. The van der Waals surface area contributed by atoms with Crippen LogP contribution in [0.5, 0.6) is 0 Å². The van der Waals surface area contributed by atoms with Crippen molar-refractivity contribution in [3.63, 3.8) is 0 Å². The van der Waals surface area contributed by atoms with Crippen LogP contribution in [0.2, 0.25) is 0 Å². The Kier molecular flexibility index (Phi) is 6.97. The van der Waals surface area contributed by atoms with Gasteiger partial charge in [-0.1, -0.05) is 0 Å². The normalized spacial score (nSPS) is 13.9. The molecule has 1 aromatic rings. The zero-order chi connectivity index (χ0) is 19.0. The van der Waals surface area contributed by atoms with Gasteiger partial charge in [0.25, 0.3) is 0 Å². The van der Waals surface area contributed by atoms with Gasteiger partial charge >= 0.3 is 17.9 Å². The third-order valence-corrected chi connectivity index (χ3v) is 2.99. The van der Waals surface area contributed by atoms with Crippen LogP contribution in [0.1, 0.15) is 38.0 Å². The summed E-state index contributed by atoms with van der Waals surface area (Å²) in [7, 11) is 0. The highest BCUT2D eigenvalue weighted by Gasteiger charge is 2.22. The van der Waals surface area contributed by atoms with Crippen LogP contribution in [0.4, 0.5) is 0 Å². The summed E-state index contributed by atoms with van der Waals surface area (Å²) in [5, 5.41) is 17.0. The fourth-order valence-electron chi connectivity index (χ4n) is 1.62. The van der Waals surface area contributed by atoms with Gasteiger partial charge in [-0.05, 0) is 25.1 Å². The summed E-state index contributed by atoms with van der Waals surface area (Å²) in [6.45, 7) is 1.24. The van der Waals surface area contributed by atoms with E-state index in [4.69, 9.17) is 19.8 Å². The number of carboxylic acid groups (broad SMARTS) is 1. The minimum absolute atomic E-state index is 0.0502. The highest BCUT2D eigenvalue weighted by Crippen LogP contribution is 2.16. The average molecular weight is 347 g/mol. The van der Waals surface area contributed by atoms with Gasteiger partial charge in [-0.25, -0.2) is 14.4 Å². The highest BCUT2D eigenvalue weighted by atomic mass is 16.6. The van der Waals surface area contributed by atoms with Crippen molar-refractivity contribution >= 4 is 30.0 Å². The molecule has 0 fully saturated rings. The summed E-state index contributed by atoms with van der Waals surface area (Å²) in [5.41, 5.74) is -0.247. The van der Waals surface area contributed by atoms with E-state index >= 15 is 0 Å². The lowest BCUT2D eigenvalue weighted by Gasteiger charge is -2.12. The lowest BCUT2D eigenvalue weighted by molar-refractivity contribution is -0.131. The molecule has 1 N–H and O–H groups in total. The molecule has 1 unspecified atom stereocenters. The van der Waals surface area contributed by atoms with Crippen LogP contribution in [-0.4, -0.2) is 48.3 Å². The van der Waals surface area contributed by atoms with Crippen LogP contribution in [0, 0.1) is 17.2 Å². The molecule has 0 aliphatic carbocycles. The molecule has 0 radical (unpaired) electrons. The first-order valence-corrected chi connectivity index (χ1v) is 6.92. The molecule has 3 rings (SSSR count). The molecule has 2 bridgehead atoms. The largest absolute Gasteiger partial charge is 0.478 e. The molecule has 2 heterocycles. The van der Waals surface area contributed by atoms with Crippen molar-refractivity contribution in [1.82, 2.24) is 0 Å². The van der Waals surface area contributed by atoms with Crippen molar-refractivity contribution in [1.29, 1.82) is 5.26 Å². The van der Waals surface area contributed by atoms with Crippen molar-refractivity contribution in [3.8, 4) is 6.07 Å². The third-order valence-electron chi connectivity index (χ3n) is 2.99. The van der Waals surface area contributed by atoms with E-state index in [2.05, 4.69) is 0 Å². The number of nitriles is 1. The molecule has 1 aromatic carbocycles. The molecule has 0 aromatic heterocycles. The van der Waals surface area contributed by atoms with E-state index in [1.54, 1.807) is 6.07 Å². The minimum atomic E-state index is -1.30. The minimum Gasteiger partial charge on any atom is -0.478 e. The Balaban J connectivity index is 0.000000333. The fraction of sp³-hybridized carbons (Fsp3) is 0.250. The zero-order valence-corrected chi connectivity index (χ0v) is 13.1. The van der Waals surface area contributed by atoms with Crippen LogP contribution >= 0.6 is 0 Å². The Morgan fingerprint density at radius 1 is 1.24 bits per heavy atom. The van der Waals surface area contributed by atoms with Gasteiger partial charge in [0.05, 0.1) is 22.8 Å². The van der Waals surface area contributed by atoms with Crippen molar-refractivity contribution in [3.05, 3.63) is 34.9 Å². The maximum absolute atomic E-state index is 11.5. The van der Waals surface area contributed by atoms with E-state index in [0.29, 0.717) is 0 Å². The van der Waals surface area contributed by atoms with E-state index in [9.17, 15) is 24.0 Å². The Labute approximate surface area is 141 Å². The molecular formula is C16H13NO8. The van der Waals surface area contributed by atoms with Gasteiger partial charge in [0, 0.05) is 0 Å². The lowest BCUT2D eigenvalue weighted by Crippen LogP contribution is -2.19. The third kappa shape index (κ3) is 5.24. The summed E-state index contributed by atoms with van der Waals surface area (Å²) in [4.78, 5) is 53.7. The van der Waals surface area contributed by atoms with Gasteiger partial charge in [-0.2, -0.15) is 5.26 Å². The van der Waals surface area contributed by atoms with E-state index in [1.807, 2.05) is 0 Å². The summed E-state index contributed by atoms with van der Waals surface area (Å²) in [6.07, 6.45) is 0.161. The summed E-state index contributed by atoms with van der Waals surface area (Å²) in [5.74, 6) is -4.13. The number of ether oxygens (including phenoxy) is 2. The lowest BCUT2D eigenvalue weighted by atomic mass is 10.0. The predicted octanol–water partition coefficient (Wildman–Crippen LogP) is 0.626. The van der Waals surface area contributed by atoms with Crippen LogP contribution in [0.25, 0.3) is 0 Å². The molecule has 0 saturated heterocycles. The second kappa shape index (κ2) is 8.93. The standard InChI is InChI=1S/C11H8O6.C5H5NO2/c12-9(13)8-5-6-1-2-7(8)11(15)17-4-3-16-10(6)14;1-4(2-6)5(8)3-7/h1-2,5H,3-4H2,(H,12,13);3-4H,1H3. The number of rotatable bonds is 3. The van der Waals surface area contributed by atoms with Gasteiger partial charge < -0.3 is 14.6 Å². The number of Topliss-reactive ketones (excluding diaryl/α,β-unsaturated/α-hetero) is 1. The first-order chi connectivity index (χ1) is 11.8. The van der Waals surface area contributed by atoms with Gasteiger partial charge in [0.1, 0.15) is 19.1 Å². The van der Waals surface area contributed by atoms with Crippen molar-refractivity contribution in [2.75, 3.05) is 13.2 Å². The number of carboxylic acids is 1. The quantitative estimate of drug-likeness (QED) is 0.472. The molecule has 9 heteroatoms. The van der Waals surface area contributed by atoms with Gasteiger partial charge in [0.15, 0.2) is 6.29 Å². The molecule has 130 valence electrons. The number of aldehydes is 1. The number of ketones is 1. The molecule has 9 nitrogen and oxygen atoms in total. The maximum Gasteiger partial charge on any atom is 0.339 e. The Morgan fingerprint density at radius 3 is 2.32 bits per heavy atom. The summed E-state index contributed by atoms with van der Waals surface area (Å²) < 4.78 is 9.53. The molecule has 0 spiro atoms. The van der Waals surface area contributed by atoms with Crippen LogP contribution < -0.4 is 0 Å². The van der Waals surface area contributed by atoms with E-state index < -0.39 is 29.6 Å². The smallest absolute Gasteiger partial charge is 0.339 e. The highest BCUT2D eigenvalue weighted by molar-refractivity contribution is 6.26. The second-order valence-corrected chi connectivity index (χ2v) is 4.71. The van der Waals surface area contributed by atoms with E-state index in [0.717, 1.165) is 6.07 Å². The number of fused-ring (bicyclic) bond motifs is 7. The van der Waals surface area contributed by atoms with Gasteiger partial charge in [0.2, 0.25) is 5.78 Å². The van der Waals surface area contributed by atoms with Crippen molar-refractivity contribution in [2.24, 2.45) is 5.92 Å². The first kappa shape index (κ1) is 19.5. The number of carbonyl (C=O) groups is 5. The SMILES string of the molecule is CC(C#N)C(=O)C=O.O=C1OCCOC(=O)c2ccc1cc2C(=O)O. The monoisotopic (exact) mass is 347 g/mol. The van der Waals surface area contributed by atoms with Crippen LogP contribution in [0.3, 0.4) is 0 Å². The van der Waals surface area contributed by atoms with Crippen molar-refractivity contribution in [2.45, 2.75) is 6.92 Å². The molecule has 2 aliphatic rings. The first-order valence-electron chi connectivity index (χ1n) is 6.92. The predicted molar refractivity (Wildman–Crippen MR) is 79.8 cm³/mol. The molecule has 2 aliphatic heterocycles. The zero-order valence-electron chi connectivity index (χ0n) is 13.1. The van der Waals surface area contributed by atoms with Crippen LogP contribution in [0.15, 0.2) is 18.2 Å².